The predicted octanol–water partition coefficient (Wildman–Crippen LogP) is 1.27. The fourth-order valence-corrected chi connectivity index (χ4v) is 1.49. The van der Waals surface area contributed by atoms with Gasteiger partial charge in [0.1, 0.15) is 0 Å². The number of nitrogens with two attached hydrogens (primary N) is 1. The van der Waals surface area contributed by atoms with Gasteiger partial charge in [0.25, 0.3) is 0 Å². The van der Waals surface area contributed by atoms with Gasteiger partial charge in [0.2, 0.25) is 5.91 Å². The summed E-state index contributed by atoms with van der Waals surface area (Å²) in [6.45, 7) is 8.39. The van der Waals surface area contributed by atoms with Crippen molar-refractivity contribution in [2.24, 2.45) is 17.1 Å². The summed E-state index contributed by atoms with van der Waals surface area (Å²) in [4.78, 5) is 11.6. The standard InChI is InChI=1S/C11H22N2O/c1-5-7(2)9(12)10(14)13-8-6-11(8,3)4/h7-9H,5-6,12H2,1-4H3,(H,13,14)/t7-,8?,9-/m0/s1. The lowest BCUT2D eigenvalue weighted by atomic mass is 9.99. The molecule has 0 radical (unpaired) electrons. The second kappa shape index (κ2) is 3.89. The molecule has 1 aliphatic carbocycles. The van der Waals surface area contributed by atoms with Gasteiger partial charge in [-0.15, -0.1) is 0 Å². The molecule has 0 bridgehead atoms. The van der Waals surface area contributed by atoms with E-state index < -0.39 is 0 Å². The van der Waals surface area contributed by atoms with Gasteiger partial charge in [0, 0.05) is 6.04 Å². The van der Waals surface area contributed by atoms with E-state index in [-0.39, 0.29) is 23.3 Å². The number of amides is 1. The van der Waals surface area contributed by atoms with Gasteiger partial charge in [-0.3, -0.25) is 4.79 Å². The molecule has 0 spiro atoms. The molecular formula is C11H22N2O. The third-order valence-electron chi connectivity index (χ3n) is 3.39. The second-order valence-corrected chi connectivity index (χ2v) is 5.17. The summed E-state index contributed by atoms with van der Waals surface area (Å²) in [5.74, 6) is 0.270. The Kier molecular flexibility index (Phi) is 3.20. The lowest BCUT2D eigenvalue weighted by Crippen LogP contribution is -2.46. The molecule has 1 fully saturated rings. The quantitative estimate of drug-likeness (QED) is 0.715. The summed E-state index contributed by atoms with van der Waals surface area (Å²) < 4.78 is 0. The van der Waals surface area contributed by atoms with Crippen LogP contribution in [0.4, 0.5) is 0 Å². The monoisotopic (exact) mass is 198 g/mol. The summed E-state index contributed by atoms with van der Waals surface area (Å²) in [6, 6.07) is -0.0125. The maximum absolute atomic E-state index is 11.6. The van der Waals surface area contributed by atoms with E-state index in [9.17, 15) is 4.79 Å². The first-order valence-electron chi connectivity index (χ1n) is 5.44. The van der Waals surface area contributed by atoms with E-state index in [1.807, 2.05) is 6.92 Å². The van der Waals surface area contributed by atoms with Crippen LogP contribution in [0, 0.1) is 11.3 Å². The Labute approximate surface area is 86.4 Å². The molecule has 1 rings (SSSR count). The van der Waals surface area contributed by atoms with Crippen LogP contribution in [-0.4, -0.2) is 18.0 Å². The average molecular weight is 198 g/mol. The van der Waals surface area contributed by atoms with E-state index in [0.717, 1.165) is 12.8 Å². The van der Waals surface area contributed by atoms with Crippen molar-refractivity contribution in [2.75, 3.05) is 0 Å². The number of carbonyl (C=O) groups excluding carboxylic acids is 1. The minimum Gasteiger partial charge on any atom is -0.351 e. The van der Waals surface area contributed by atoms with Crippen LogP contribution in [0.15, 0.2) is 0 Å². The Hall–Kier alpha value is -0.570. The van der Waals surface area contributed by atoms with E-state index in [0.29, 0.717) is 6.04 Å². The molecule has 3 heteroatoms. The first-order chi connectivity index (χ1) is 6.38. The van der Waals surface area contributed by atoms with Crippen LogP contribution in [0.5, 0.6) is 0 Å². The molecule has 3 N–H and O–H groups in total. The fraction of sp³-hybridized carbons (Fsp3) is 0.909. The molecule has 14 heavy (non-hydrogen) atoms. The zero-order chi connectivity index (χ0) is 10.9. The van der Waals surface area contributed by atoms with E-state index in [4.69, 9.17) is 5.73 Å². The molecule has 3 atom stereocenters. The molecule has 0 aromatic rings. The van der Waals surface area contributed by atoms with Crippen LogP contribution in [-0.2, 0) is 4.79 Å². The van der Waals surface area contributed by atoms with E-state index in [1.54, 1.807) is 0 Å². The Morgan fingerprint density at radius 1 is 1.64 bits per heavy atom. The third-order valence-corrected chi connectivity index (χ3v) is 3.39. The molecule has 82 valence electrons. The van der Waals surface area contributed by atoms with E-state index in [1.165, 1.54) is 0 Å². The van der Waals surface area contributed by atoms with Crippen molar-refractivity contribution < 1.29 is 4.79 Å². The van der Waals surface area contributed by atoms with Crippen molar-refractivity contribution in [3.63, 3.8) is 0 Å². The van der Waals surface area contributed by atoms with Crippen molar-refractivity contribution in [3.05, 3.63) is 0 Å². The number of carbonyl (C=O) groups is 1. The summed E-state index contributed by atoms with van der Waals surface area (Å²) >= 11 is 0. The molecular weight excluding hydrogens is 176 g/mol. The van der Waals surface area contributed by atoms with Crippen LogP contribution in [0.2, 0.25) is 0 Å². The maximum Gasteiger partial charge on any atom is 0.237 e. The van der Waals surface area contributed by atoms with Crippen molar-refractivity contribution in [3.8, 4) is 0 Å². The summed E-state index contributed by atoms with van der Waals surface area (Å²) in [5.41, 5.74) is 6.11. The van der Waals surface area contributed by atoms with Gasteiger partial charge in [0.15, 0.2) is 0 Å². The number of nitrogens with one attached hydrogen (secondary N) is 1. The molecule has 3 nitrogen and oxygen atoms in total. The van der Waals surface area contributed by atoms with Gasteiger partial charge in [0.05, 0.1) is 6.04 Å². The minimum atomic E-state index is -0.351. The first kappa shape index (κ1) is 11.5. The van der Waals surface area contributed by atoms with Crippen LogP contribution >= 0.6 is 0 Å². The summed E-state index contributed by atoms with van der Waals surface area (Å²) in [6.07, 6.45) is 2.02. The Morgan fingerprint density at radius 3 is 2.50 bits per heavy atom. The molecule has 0 saturated heterocycles. The highest BCUT2D eigenvalue weighted by Crippen LogP contribution is 2.44. The zero-order valence-corrected chi connectivity index (χ0v) is 9.63. The van der Waals surface area contributed by atoms with Gasteiger partial charge < -0.3 is 11.1 Å². The van der Waals surface area contributed by atoms with Crippen molar-refractivity contribution in [2.45, 2.75) is 52.6 Å². The summed E-state index contributed by atoms with van der Waals surface area (Å²) in [7, 11) is 0. The number of hydrogen-bond acceptors (Lipinski definition) is 2. The van der Waals surface area contributed by atoms with Crippen LogP contribution in [0.25, 0.3) is 0 Å². The second-order valence-electron chi connectivity index (χ2n) is 5.17. The van der Waals surface area contributed by atoms with E-state index >= 15 is 0 Å². The first-order valence-corrected chi connectivity index (χ1v) is 5.44. The number of rotatable bonds is 4. The molecule has 0 aliphatic heterocycles. The summed E-state index contributed by atoms with van der Waals surface area (Å²) in [5, 5.41) is 3.00. The predicted molar refractivity (Wildman–Crippen MR) is 57.8 cm³/mol. The van der Waals surface area contributed by atoms with Gasteiger partial charge >= 0.3 is 0 Å². The highest BCUT2D eigenvalue weighted by molar-refractivity contribution is 5.82. The zero-order valence-electron chi connectivity index (χ0n) is 9.63. The normalized spacial score (nSPS) is 27.9. The van der Waals surface area contributed by atoms with Crippen molar-refractivity contribution in [1.29, 1.82) is 0 Å². The van der Waals surface area contributed by atoms with Crippen molar-refractivity contribution >= 4 is 5.91 Å². The SMILES string of the molecule is CC[C@H](C)[C@H](N)C(=O)NC1CC1(C)C. The van der Waals surface area contributed by atoms with Crippen molar-refractivity contribution in [1.82, 2.24) is 5.32 Å². The van der Waals surface area contributed by atoms with Crippen LogP contribution in [0.3, 0.4) is 0 Å². The molecule has 1 amide bonds. The highest BCUT2D eigenvalue weighted by Gasteiger charge is 2.47. The molecule has 1 unspecified atom stereocenters. The lowest BCUT2D eigenvalue weighted by Gasteiger charge is -2.18. The molecule has 0 aromatic carbocycles. The Morgan fingerprint density at radius 2 is 2.14 bits per heavy atom. The smallest absolute Gasteiger partial charge is 0.237 e. The van der Waals surface area contributed by atoms with Gasteiger partial charge in [-0.05, 0) is 17.8 Å². The molecule has 0 aromatic heterocycles. The average Bonchev–Trinajstić information content (AvgIpc) is 2.71. The minimum absolute atomic E-state index is 0.00919. The molecule has 0 heterocycles. The van der Waals surface area contributed by atoms with Crippen LogP contribution < -0.4 is 11.1 Å². The molecule has 1 saturated carbocycles. The Balaban J connectivity index is 2.36. The largest absolute Gasteiger partial charge is 0.351 e. The number of hydrogen-bond donors (Lipinski definition) is 2. The van der Waals surface area contributed by atoms with Crippen LogP contribution in [0.1, 0.15) is 40.5 Å². The maximum atomic E-state index is 11.6. The third kappa shape index (κ3) is 2.47. The Bertz CT molecular complexity index is 225. The fourth-order valence-electron chi connectivity index (χ4n) is 1.49. The highest BCUT2D eigenvalue weighted by atomic mass is 16.2. The lowest BCUT2D eigenvalue weighted by molar-refractivity contribution is -0.123. The van der Waals surface area contributed by atoms with Gasteiger partial charge in [-0.25, -0.2) is 0 Å². The topological polar surface area (TPSA) is 55.1 Å². The molecule has 1 aliphatic rings. The van der Waals surface area contributed by atoms with E-state index in [2.05, 4.69) is 26.1 Å². The van der Waals surface area contributed by atoms with Gasteiger partial charge in [-0.1, -0.05) is 34.1 Å². The van der Waals surface area contributed by atoms with Gasteiger partial charge in [-0.2, -0.15) is 0 Å².